The molecule has 5 nitrogen and oxygen atoms in total. The van der Waals surface area contributed by atoms with Crippen LogP contribution in [-0.2, 0) is 14.8 Å². The highest BCUT2D eigenvalue weighted by Gasteiger charge is 2.05. The highest BCUT2D eigenvalue weighted by atomic mass is 32.2. The molecule has 0 radical (unpaired) electrons. The van der Waals surface area contributed by atoms with Gasteiger partial charge < -0.3 is 5.73 Å². The first kappa shape index (κ1) is 12.4. The summed E-state index contributed by atoms with van der Waals surface area (Å²) in [5.74, 6) is -0.419. The van der Waals surface area contributed by atoms with Gasteiger partial charge in [-0.1, -0.05) is 24.3 Å². The zero-order valence-corrected chi connectivity index (χ0v) is 9.28. The third-order valence-corrected chi connectivity index (χ3v) is 2.77. The van der Waals surface area contributed by atoms with E-state index in [4.69, 9.17) is 10.9 Å². The summed E-state index contributed by atoms with van der Waals surface area (Å²) in [6, 6.07) is 5.99. The molecule has 0 bridgehead atoms. The van der Waals surface area contributed by atoms with Gasteiger partial charge in [-0.2, -0.15) is 0 Å². The molecule has 16 heavy (non-hydrogen) atoms. The number of primary amides is 1. The van der Waals surface area contributed by atoms with Crippen LogP contribution in [0.3, 0.4) is 0 Å². The highest BCUT2D eigenvalue weighted by Crippen LogP contribution is 2.10. The Labute approximate surface area is 93.8 Å². The van der Waals surface area contributed by atoms with Crippen molar-refractivity contribution < 1.29 is 13.2 Å². The summed E-state index contributed by atoms with van der Waals surface area (Å²) in [5.41, 5.74) is 5.72. The molecule has 6 heteroatoms. The number of hydrogen-bond donors (Lipinski definition) is 2. The van der Waals surface area contributed by atoms with Gasteiger partial charge in [-0.05, 0) is 17.7 Å². The molecule has 1 aromatic rings. The third kappa shape index (κ3) is 3.84. The quantitative estimate of drug-likeness (QED) is 0.786. The van der Waals surface area contributed by atoms with Crippen LogP contribution in [0.15, 0.2) is 35.2 Å². The molecule has 1 aromatic carbocycles. The van der Waals surface area contributed by atoms with E-state index >= 15 is 0 Å². The van der Waals surface area contributed by atoms with E-state index < -0.39 is 15.9 Å². The van der Waals surface area contributed by atoms with Crippen LogP contribution in [0.25, 0.3) is 6.08 Å². The van der Waals surface area contributed by atoms with E-state index in [1.165, 1.54) is 12.1 Å². The van der Waals surface area contributed by atoms with Crippen molar-refractivity contribution in [2.45, 2.75) is 11.3 Å². The van der Waals surface area contributed by atoms with Crippen molar-refractivity contribution in [3.8, 4) is 0 Å². The van der Waals surface area contributed by atoms with E-state index in [2.05, 4.69) is 0 Å². The van der Waals surface area contributed by atoms with Gasteiger partial charge in [0.25, 0.3) is 0 Å². The van der Waals surface area contributed by atoms with Crippen molar-refractivity contribution in [2.75, 3.05) is 0 Å². The van der Waals surface area contributed by atoms with Crippen molar-refractivity contribution in [2.24, 2.45) is 10.9 Å². The van der Waals surface area contributed by atoms with E-state index in [1.807, 2.05) is 0 Å². The SMILES string of the molecule is NC(=O)CC=Cc1ccc(S(N)(=O)=O)cc1. The summed E-state index contributed by atoms with van der Waals surface area (Å²) in [6.45, 7) is 0. The molecule has 0 aliphatic carbocycles. The Bertz CT molecular complexity index is 503. The molecule has 0 unspecified atom stereocenters. The zero-order valence-electron chi connectivity index (χ0n) is 8.46. The largest absolute Gasteiger partial charge is 0.369 e. The summed E-state index contributed by atoms with van der Waals surface area (Å²) in [4.78, 5) is 10.5. The highest BCUT2D eigenvalue weighted by molar-refractivity contribution is 7.89. The molecule has 86 valence electrons. The lowest BCUT2D eigenvalue weighted by atomic mass is 10.2. The van der Waals surface area contributed by atoms with Gasteiger partial charge in [-0.15, -0.1) is 0 Å². The Kier molecular flexibility index (Phi) is 3.81. The first-order chi connectivity index (χ1) is 7.39. The first-order valence-electron chi connectivity index (χ1n) is 4.47. The summed E-state index contributed by atoms with van der Waals surface area (Å²) >= 11 is 0. The summed E-state index contributed by atoms with van der Waals surface area (Å²) in [5, 5.41) is 4.94. The number of carbonyl (C=O) groups is 1. The fourth-order valence-corrected chi connectivity index (χ4v) is 1.60. The normalized spacial score (nSPS) is 11.8. The van der Waals surface area contributed by atoms with E-state index in [0.717, 1.165) is 5.56 Å². The van der Waals surface area contributed by atoms with Crippen molar-refractivity contribution in [3.63, 3.8) is 0 Å². The number of amides is 1. The fourth-order valence-electron chi connectivity index (χ4n) is 1.08. The predicted molar refractivity (Wildman–Crippen MR) is 60.7 cm³/mol. The number of benzene rings is 1. The fraction of sp³-hybridized carbons (Fsp3) is 0.100. The van der Waals surface area contributed by atoms with Crippen LogP contribution in [0.4, 0.5) is 0 Å². The summed E-state index contributed by atoms with van der Waals surface area (Å²) < 4.78 is 21.9. The van der Waals surface area contributed by atoms with Gasteiger partial charge in [0.2, 0.25) is 15.9 Å². The average molecular weight is 240 g/mol. The minimum atomic E-state index is -3.65. The molecule has 0 heterocycles. The second-order valence-electron chi connectivity index (χ2n) is 3.19. The molecule has 0 saturated carbocycles. The van der Waals surface area contributed by atoms with Crippen LogP contribution < -0.4 is 10.9 Å². The molecule has 0 fully saturated rings. The van der Waals surface area contributed by atoms with Gasteiger partial charge in [0, 0.05) is 6.42 Å². The molecule has 1 rings (SSSR count). The molecule has 0 atom stereocenters. The number of sulfonamides is 1. The average Bonchev–Trinajstić information content (AvgIpc) is 2.16. The number of nitrogens with two attached hydrogens (primary N) is 2. The van der Waals surface area contributed by atoms with Crippen LogP contribution in [-0.4, -0.2) is 14.3 Å². The Hall–Kier alpha value is -1.66. The van der Waals surface area contributed by atoms with E-state index in [0.29, 0.717) is 0 Å². The lowest BCUT2D eigenvalue weighted by molar-refractivity contribution is -0.117. The molecule has 0 saturated heterocycles. The minimum Gasteiger partial charge on any atom is -0.369 e. The Morgan fingerprint density at radius 3 is 2.25 bits per heavy atom. The van der Waals surface area contributed by atoms with Gasteiger partial charge in [0.15, 0.2) is 0 Å². The van der Waals surface area contributed by atoms with E-state index in [-0.39, 0.29) is 11.3 Å². The van der Waals surface area contributed by atoms with Gasteiger partial charge in [-0.25, -0.2) is 13.6 Å². The zero-order chi connectivity index (χ0) is 12.2. The molecule has 0 aromatic heterocycles. The minimum absolute atomic E-state index is 0.0551. The summed E-state index contributed by atoms with van der Waals surface area (Å²) in [7, 11) is -3.65. The number of carbonyl (C=O) groups excluding carboxylic acids is 1. The molecule has 0 spiro atoms. The lowest BCUT2D eigenvalue weighted by Gasteiger charge is -1.98. The number of primary sulfonamides is 1. The summed E-state index contributed by atoms with van der Waals surface area (Å²) in [6.07, 6.45) is 3.43. The number of hydrogen-bond acceptors (Lipinski definition) is 3. The molecular formula is C10H12N2O3S. The van der Waals surface area contributed by atoms with Crippen molar-refractivity contribution >= 4 is 22.0 Å². The third-order valence-electron chi connectivity index (χ3n) is 1.84. The van der Waals surface area contributed by atoms with Crippen molar-refractivity contribution in [3.05, 3.63) is 35.9 Å². The molecule has 1 amide bonds. The van der Waals surface area contributed by atoms with Crippen molar-refractivity contribution in [1.29, 1.82) is 0 Å². The standard InChI is InChI=1S/C10H12N2O3S/c11-10(13)3-1-2-8-4-6-9(7-5-8)16(12,14)15/h1-2,4-7H,3H2,(H2,11,13)(H2,12,14,15). The van der Waals surface area contributed by atoms with E-state index in [1.54, 1.807) is 24.3 Å². The van der Waals surface area contributed by atoms with Crippen LogP contribution in [0.1, 0.15) is 12.0 Å². The smallest absolute Gasteiger partial charge is 0.238 e. The van der Waals surface area contributed by atoms with Crippen LogP contribution in [0.2, 0.25) is 0 Å². The second-order valence-corrected chi connectivity index (χ2v) is 4.75. The van der Waals surface area contributed by atoms with Crippen LogP contribution >= 0.6 is 0 Å². The maximum Gasteiger partial charge on any atom is 0.238 e. The second kappa shape index (κ2) is 4.91. The maximum atomic E-state index is 10.9. The van der Waals surface area contributed by atoms with Gasteiger partial charge >= 0.3 is 0 Å². The Morgan fingerprint density at radius 2 is 1.81 bits per heavy atom. The monoisotopic (exact) mass is 240 g/mol. The molecular weight excluding hydrogens is 228 g/mol. The molecule has 0 aliphatic heterocycles. The van der Waals surface area contributed by atoms with Gasteiger partial charge in [0.1, 0.15) is 0 Å². The molecule has 4 N–H and O–H groups in total. The Morgan fingerprint density at radius 1 is 1.25 bits per heavy atom. The van der Waals surface area contributed by atoms with Crippen LogP contribution in [0, 0.1) is 0 Å². The predicted octanol–water partition coefficient (Wildman–Crippen LogP) is 0.223. The van der Waals surface area contributed by atoms with Gasteiger partial charge in [0.05, 0.1) is 4.90 Å². The van der Waals surface area contributed by atoms with E-state index in [9.17, 15) is 13.2 Å². The Balaban J connectivity index is 2.80. The topological polar surface area (TPSA) is 103 Å². The maximum absolute atomic E-state index is 10.9. The van der Waals surface area contributed by atoms with Crippen LogP contribution in [0.5, 0.6) is 0 Å². The number of rotatable bonds is 4. The molecule has 0 aliphatic rings. The lowest BCUT2D eigenvalue weighted by Crippen LogP contribution is -2.11. The van der Waals surface area contributed by atoms with Gasteiger partial charge in [-0.3, -0.25) is 4.79 Å². The van der Waals surface area contributed by atoms with Crippen molar-refractivity contribution in [1.82, 2.24) is 0 Å². The first-order valence-corrected chi connectivity index (χ1v) is 6.02.